The normalized spacial score (nSPS) is 11.1. The van der Waals surface area contributed by atoms with Crippen molar-refractivity contribution in [3.8, 4) is 0 Å². The van der Waals surface area contributed by atoms with Gasteiger partial charge in [0.1, 0.15) is 5.82 Å². The van der Waals surface area contributed by atoms with E-state index < -0.39 is 0 Å². The summed E-state index contributed by atoms with van der Waals surface area (Å²) in [5.41, 5.74) is 9.48. The fourth-order valence-electron chi connectivity index (χ4n) is 1.76. The number of benzene rings is 1. The molecule has 96 valence electrons. The van der Waals surface area contributed by atoms with Crippen molar-refractivity contribution in [2.45, 2.75) is 20.0 Å². The number of halogens is 1. The van der Waals surface area contributed by atoms with Crippen LogP contribution < -0.4 is 5.73 Å². The fourth-order valence-corrected chi connectivity index (χ4v) is 2.62. The van der Waals surface area contributed by atoms with Gasteiger partial charge in [-0.1, -0.05) is 6.07 Å². The van der Waals surface area contributed by atoms with Gasteiger partial charge >= 0.3 is 0 Å². The molecule has 0 saturated heterocycles. The summed E-state index contributed by atoms with van der Waals surface area (Å²) in [5, 5.41) is 0. The third-order valence-corrected chi connectivity index (χ3v) is 3.70. The predicted octanol–water partition coefficient (Wildman–Crippen LogP) is 2.80. The molecule has 18 heavy (non-hydrogen) atoms. The molecule has 3 nitrogen and oxygen atoms in total. The van der Waals surface area contributed by atoms with Crippen LogP contribution in [0, 0.1) is 12.7 Å². The Morgan fingerprint density at radius 1 is 1.39 bits per heavy atom. The van der Waals surface area contributed by atoms with Gasteiger partial charge in [0.15, 0.2) is 0 Å². The van der Waals surface area contributed by atoms with Crippen LogP contribution in [0.2, 0.25) is 0 Å². The van der Waals surface area contributed by atoms with Gasteiger partial charge in [0.2, 0.25) is 0 Å². The number of aromatic nitrogens is 1. The molecule has 0 aliphatic heterocycles. The molecule has 1 heterocycles. The molecule has 0 aliphatic rings. The van der Waals surface area contributed by atoms with E-state index in [1.54, 1.807) is 17.4 Å². The molecule has 0 saturated carbocycles. The van der Waals surface area contributed by atoms with Crippen LogP contribution in [0.25, 0.3) is 0 Å². The van der Waals surface area contributed by atoms with Crippen LogP contribution >= 0.6 is 11.3 Å². The molecular weight excluding hydrogens is 249 g/mol. The minimum absolute atomic E-state index is 0.194. The van der Waals surface area contributed by atoms with Gasteiger partial charge in [0.25, 0.3) is 0 Å². The van der Waals surface area contributed by atoms with Crippen molar-refractivity contribution < 1.29 is 4.39 Å². The second-order valence-corrected chi connectivity index (χ2v) is 5.33. The highest BCUT2D eigenvalue weighted by Crippen LogP contribution is 2.17. The van der Waals surface area contributed by atoms with Crippen LogP contribution in [0.1, 0.15) is 16.1 Å². The number of anilines is 1. The van der Waals surface area contributed by atoms with Gasteiger partial charge in [-0.25, -0.2) is 9.37 Å². The van der Waals surface area contributed by atoms with Crippen LogP contribution in [0.5, 0.6) is 0 Å². The summed E-state index contributed by atoms with van der Waals surface area (Å²) in [4.78, 5) is 7.59. The molecule has 0 bridgehead atoms. The largest absolute Gasteiger partial charge is 0.396 e. The zero-order valence-electron chi connectivity index (χ0n) is 10.5. The van der Waals surface area contributed by atoms with E-state index in [-0.39, 0.29) is 11.5 Å². The zero-order valence-corrected chi connectivity index (χ0v) is 11.3. The SMILES string of the molecule is Cc1ncsc1CN(C)Cc1ccc(N)c(F)c1. The molecular formula is C13H16FN3S. The Morgan fingerprint density at radius 2 is 2.17 bits per heavy atom. The topological polar surface area (TPSA) is 42.2 Å². The second kappa shape index (κ2) is 5.46. The van der Waals surface area contributed by atoms with E-state index in [2.05, 4.69) is 9.88 Å². The third-order valence-electron chi connectivity index (χ3n) is 2.78. The summed E-state index contributed by atoms with van der Waals surface area (Å²) in [6, 6.07) is 4.95. The first kappa shape index (κ1) is 13.0. The first-order chi connectivity index (χ1) is 8.56. The van der Waals surface area contributed by atoms with Crippen molar-refractivity contribution in [2.24, 2.45) is 0 Å². The lowest BCUT2D eigenvalue weighted by Gasteiger charge is -2.16. The first-order valence-electron chi connectivity index (χ1n) is 5.67. The van der Waals surface area contributed by atoms with E-state index >= 15 is 0 Å². The molecule has 2 rings (SSSR count). The molecule has 0 fully saturated rings. The van der Waals surface area contributed by atoms with Crippen molar-refractivity contribution in [3.63, 3.8) is 0 Å². The molecule has 2 N–H and O–H groups in total. The minimum Gasteiger partial charge on any atom is -0.396 e. The lowest BCUT2D eigenvalue weighted by molar-refractivity contribution is 0.320. The van der Waals surface area contributed by atoms with Gasteiger partial charge in [-0.05, 0) is 31.7 Å². The van der Waals surface area contributed by atoms with E-state index in [0.717, 1.165) is 17.8 Å². The van der Waals surface area contributed by atoms with Crippen molar-refractivity contribution in [2.75, 3.05) is 12.8 Å². The Morgan fingerprint density at radius 3 is 2.78 bits per heavy atom. The Bertz CT molecular complexity index is 539. The lowest BCUT2D eigenvalue weighted by Crippen LogP contribution is -2.17. The number of nitrogens with two attached hydrogens (primary N) is 1. The number of rotatable bonds is 4. The number of thiazole rings is 1. The lowest BCUT2D eigenvalue weighted by atomic mass is 10.2. The van der Waals surface area contributed by atoms with Gasteiger partial charge < -0.3 is 5.73 Å². The standard InChI is InChI=1S/C13H16FN3S/c1-9-13(18-8-16-9)7-17(2)6-10-3-4-12(15)11(14)5-10/h3-5,8H,6-7,15H2,1-2H3. The average molecular weight is 265 g/mol. The highest BCUT2D eigenvalue weighted by atomic mass is 32.1. The summed E-state index contributed by atoms with van der Waals surface area (Å²) in [5.74, 6) is -0.352. The van der Waals surface area contributed by atoms with E-state index in [1.165, 1.54) is 10.9 Å². The number of aryl methyl sites for hydroxylation is 1. The van der Waals surface area contributed by atoms with E-state index in [9.17, 15) is 4.39 Å². The Labute approximate surface area is 110 Å². The number of hydrogen-bond acceptors (Lipinski definition) is 4. The molecule has 0 atom stereocenters. The zero-order chi connectivity index (χ0) is 13.1. The molecule has 2 aromatic rings. The van der Waals surface area contributed by atoms with Crippen molar-refractivity contribution in [3.05, 3.63) is 45.7 Å². The molecule has 0 radical (unpaired) electrons. The summed E-state index contributed by atoms with van der Waals surface area (Å²) < 4.78 is 13.3. The smallest absolute Gasteiger partial charge is 0.146 e. The van der Waals surface area contributed by atoms with Gasteiger partial charge in [0.05, 0.1) is 16.9 Å². The quantitative estimate of drug-likeness (QED) is 0.864. The Balaban J connectivity index is 2.01. The average Bonchev–Trinajstić information content (AvgIpc) is 2.70. The van der Waals surface area contributed by atoms with Gasteiger partial charge in [0, 0.05) is 18.0 Å². The van der Waals surface area contributed by atoms with Crippen LogP contribution in [-0.2, 0) is 13.1 Å². The van der Waals surface area contributed by atoms with E-state index in [1.807, 2.05) is 25.5 Å². The summed E-state index contributed by atoms with van der Waals surface area (Å²) in [7, 11) is 2.01. The van der Waals surface area contributed by atoms with Gasteiger partial charge in [-0.15, -0.1) is 11.3 Å². The fraction of sp³-hybridized carbons (Fsp3) is 0.308. The molecule has 0 unspecified atom stereocenters. The molecule has 0 amide bonds. The van der Waals surface area contributed by atoms with Crippen LogP contribution in [0.4, 0.5) is 10.1 Å². The molecule has 5 heteroatoms. The van der Waals surface area contributed by atoms with Crippen molar-refractivity contribution in [1.29, 1.82) is 0 Å². The van der Waals surface area contributed by atoms with Crippen molar-refractivity contribution >= 4 is 17.0 Å². The van der Waals surface area contributed by atoms with Gasteiger partial charge in [-0.2, -0.15) is 0 Å². The van der Waals surface area contributed by atoms with Crippen LogP contribution in [-0.4, -0.2) is 16.9 Å². The maximum Gasteiger partial charge on any atom is 0.146 e. The summed E-state index contributed by atoms with van der Waals surface area (Å²) in [6.45, 7) is 3.51. The van der Waals surface area contributed by atoms with Gasteiger partial charge in [-0.3, -0.25) is 4.90 Å². The minimum atomic E-state index is -0.352. The Kier molecular flexibility index (Phi) is 3.93. The predicted molar refractivity (Wildman–Crippen MR) is 72.8 cm³/mol. The number of hydrogen-bond donors (Lipinski definition) is 1. The maximum atomic E-state index is 13.3. The van der Waals surface area contributed by atoms with E-state index in [0.29, 0.717) is 6.54 Å². The van der Waals surface area contributed by atoms with Crippen LogP contribution in [0.3, 0.4) is 0 Å². The molecule has 0 aliphatic carbocycles. The third kappa shape index (κ3) is 3.05. The number of nitrogen functional groups attached to an aromatic ring is 1. The second-order valence-electron chi connectivity index (χ2n) is 4.39. The van der Waals surface area contributed by atoms with E-state index in [4.69, 9.17) is 5.73 Å². The Hall–Kier alpha value is -1.46. The van der Waals surface area contributed by atoms with Crippen LogP contribution in [0.15, 0.2) is 23.7 Å². The highest BCUT2D eigenvalue weighted by molar-refractivity contribution is 7.09. The monoisotopic (exact) mass is 265 g/mol. The highest BCUT2D eigenvalue weighted by Gasteiger charge is 2.07. The summed E-state index contributed by atoms with van der Waals surface area (Å²) in [6.07, 6.45) is 0. The molecule has 1 aromatic carbocycles. The van der Waals surface area contributed by atoms with Crippen molar-refractivity contribution in [1.82, 2.24) is 9.88 Å². The number of nitrogens with zero attached hydrogens (tertiary/aromatic N) is 2. The first-order valence-corrected chi connectivity index (χ1v) is 6.55. The molecule has 1 aromatic heterocycles. The summed E-state index contributed by atoms with van der Waals surface area (Å²) >= 11 is 1.65. The molecule has 0 spiro atoms. The maximum absolute atomic E-state index is 13.3.